The predicted octanol–water partition coefficient (Wildman–Crippen LogP) is 2.97. The van der Waals surface area contributed by atoms with Gasteiger partial charge in [0.05, 0.1) is 5.69 Å². The van der Waals surface area contributed by atoms with Crippen LogP contribution in [0.5, 0.6) is 5.75 Å². The molecule has 0 saturated heterocycles. The molecule has 3 N–H and O–H groups in total. The molecule has 1 rings (SSSR count). The highest BCUT2D eigenvalue weighted by atomic mass is 16.3. The van der Waals surface area contributed by atoms with Gasteiger partial charge in [-0.15, -0.1) is 0 Å². The van der Waals surface area contributed by atoms with Gasteiger partial charge < -0.3 is 10.8 Å². The largest absolute Gasteiger partial charge is 0.506 e. The zero-order valence-electron chi connectivity index (χ0n) is 9.39. The van der Waals surface area contributed by atoms with Crippen LogP contribution in [0.2, 0.25) is 0 Å². The van der Waals surface area contributed by atoms with Crippen molar-refractivity contribution in [1.82, 2.24) is 0 Å². The smallest absolute Gasteiger partial charge is 0.138 e. The van der Waals surface area contributed by atoms with Crippen molar-refractivity contribution < 1.29 is 5.11 Å². The summed E-state index contributed by atoms with van der Waals surface area (Å²) >= 11 is 0. The van der Waals surface area contributed by atoms with Crippen molar-refractivity contribution in [2.45, 2.75) is 39.5 Å². The van der Waals surface area contributed by atoms with Gasteiger partial charge in [-0.3, -0.25) is 0 Å². The molecule has 0 saturated carbocycles. The van der Waals surface area contributed by atoms with Gasteiger partial charge in [-0.2, -0.15) is 0 Å². The first-order valence-electron chi connectivity index (χ1n) is 4.98. The molecular weight excluding hydrogens is 174 g/mol. The maximum absolute atomic E-state index is 9.44. The van der Waals surface area contributed by atoms with E-state index in [1.165, 1.54) is 5.56 Å². The van der Waals surface area contributed by atoms with Crippen LogP contribution < -0.4 is 5.73 Å². The second-order valence-corrected chi connectivity index (χ2v) is 4.46. The van der Waals surface area contributed by atoms with Crippen LogP contribution in [0.3, 0.4) is 0 Å². The second kappa shape index (κ2) is 3.52. The Morgan fingerprint density at radius 2 is 1.93 bits per heavy atom. The number of phenolic OH excluding ortho intramolecular Hbond substituents is 1. The first kappa shape index (κ1) is 10.9. The number of aromatic hydroxyl groups is 1. The zero-order chi connectivity index (χ0) is 10.9. The molecule has 14 heavy (non-hydrogen) atoms. The third-order valence-corrected chi connectivity index (χ3v) is 2.99. The predicted molar refractivity (Wildman–Crippen MR) is 60.6 cm³/mol. The molecule has 2 nitrogen and oxygen atoms in total. The first-order chi connectivity index (χ1) is 6.38. The number of nitrogens with two attached hydrogens (primary N) is 1. The molecule has 0 atom stereocenters. The van der Waals surface area contributed by atoms with Crippen molar-refractivity contribution in [3.63, 3.8) is 0 Å². The molecule has 0 aromatic heterocycles. The van der Waals surface area contributed by atoms with Gasteiger partial charge in [-0.1, -0.05) is 20.8 Å². The maximum atomic E-state index is 9.44. The van der Waals surface area contributed by atoms with E-state index in [0.717, 1.165) is 12.0 Å². The van der Waals surface area contributed by atoms with Crippen LogP contribution in [0.1, 0.15) is 38.3 Å². The summed E-state index contributed by atoms with van der Waals surface area (Å²) in [5.74, 6) is 0.179. The van der Waals surface area contributed by atoms with E-state index in [2.05, 4.69) is 20.8 Å². The second-order valence-electron chi connectivity index (χ2n) is 4.46. The molecule has 0 radical (unpaired) electrons. The van der Waals surface area contributed by atoms with Gasteiger partial charge in [0.2, 0.25) is 0 Å². The standard InChI is InChI=1S/C12H19NO/c1-5-12(3,4)9-7-10(13)11(14)6-8(9)2/h6-7,14H,5,13H2,1-4H3. The van der Waals surface area contributed by atoms with E-state index in [4.69, 9.17) is 5.73 Å². The van der Waals surface area contributed by atoms with E-state index in [0.29, 0.717) is 5.69 Å². The van der Waals surface area contributed by atoms with E-state index in [1.54, 1.807) is 6.07 Å². The molecule has 0 unspecified atom stereocenters. The lowest BCUT2D eigenvalue weighted by atomic mass is 9.79. The Kier molecular flexibility index (Phi) is 2.74. The van der Waals surface area contributed by atoms with Gasteiger partial charge >= 0.3 is 0 Å². The summed E-state index contributed by atoms with van der Waals surface area (Å²) < 4.78 is 0. The number of anilines is 1. The monoisotopic (exact) mass is 193 g/mol. The Morgan fingerprint density at radius 1 is 1.36 bits per heavy atom. The highest BCUT2D eigenvalue weighted by Crippen LogP contribution is 2.34. The lowest BCUT2D eigenvalue weighted by Gasteiger charge is -2.26. The Bertz CT molecular complexity index is 342. The van der Waals surface area contributed by atoms with Crippen molar-refractivity contribution in [3.05, 3.63) is 23.3 Å². The SMILES string of the molecule is CCC(C)(C)c1cc(N)c(O)cc1C. The molecule has 0 amide bonds. The summed E-state index contributed by atoms with van der Waals surface area (Å²) in [6.07, 6.45) is 1.05. The third kappa shape index (κ3) is 1.84. The quantitative estimate of drug-likeness (QED) is 0.560. The summed E-state index contributed by atoms with van der Waals surface area (Å²) in [7, 11) is 0. The molecule has 1 aromatic rings. The number of nitrogen functional groups attached to an aromatic ring is 1. The maximum Gasteiger partial charge on any atom is 0.138 e. The van der Waals surface area contributed by atoms with Crippen molar-refractivity contribution in [2.75, 3.05) is 5.73 Å². The number of aryl methyl sites for hydroxylation is 1. The molecule has 2 heteroatoms. The minimum Gasteiger partial charge on any atom is -0.506 e. The van der Waals surface area contributed by atoms with Gasteiger partial charge in [0.25, 0.3) is 0 Å². The summed E-state index contributed by atoms with van der Waals surface area (Å²) in [6, 6.07) is 3.62. The van der Waals surface area contributed by atoms with Crippen LogP contribution in [0.15, 0.2) is 12.1 Å². The van der Waals surface area contributed by atoms with Crippen LogP contribution in [0, 0.1) is 6.92 Å². The van der Waals surface area contributed by atoms with E-state index < -0.39 is 0 Å². The third-order valence-electron chi connectivity index (χ3n) is 2.99. The molecule has 0 heterocycles. The van der Waals surface area contributed by atoms with Crippen molar-refractivity contribution in [3.8, 4) is 5.75 Å². The number of phenols is 1. The molecule has 0 fully saturated rings. The molecule has 1 aromatic carbocycles. The molecule has 0 aliphatic carbocycles. The lowest BCUT2D eigenvalue weighted by molar-refractivity contribution is 0.473. The van der Waals surface area contributed by atoms with Gasteiger partial charge in [-0.25, -0.2) is 0 Å². The van der Waals surface area contributed by atoms with E-state index in [-0.39, 0.29) is 11.2 Å². The highest BCUT2D eigenvalue weighted by molar-refractivity contribution is 5.57. The minimum atomic E-state index is 0.117. The average Bonchev–Trinajstić information content (AvgIpc) is 2.11. The fourth-order valence-electron chi connectivity index (χ4n) is 1.63. The summed E-state index contributed by atoms with van der Waals surface area (Å²) in [5, 5.41) is 9.44. The Hall–Kier alpha value is -1.18. The summed E-state index contributed by atoms with van der Waals surface area (Å²) in [4.78, 5) is 0. The molecule has 78 valence electrons. The fourth-order valence-corrected chi connectivity index (χ4v) is 1.63. The Morgan fingerprint density at radius 3 is 2.43 bits per heavy atom. The number of hydrogen-bond donors (Lipinski definition) is 2. The normalized spacial score (nSPS) is 11.7. The van der Waals surface area contributed by atoms with Gasteiger partial charge in [0, 0.05) is 0 Å². The summed E-state index contributed by atoms with van der Waals surface area (Å²) in [5.41, 5.74) is 8.59. The van der Waals surface area contributed by atoms with Crippen LogP contribution >= 0.6 is 0 Å². The zero-order valence-corrected chi connectivity index (χ0v) is 9.39. The van der Waals surface area contributed by atoms with Crippen LogP contribution in [-0.4, -0.2) is 5.11 Å². The van der Waals surface area contributed by atoms with Gasteiger partial charge in [-0.05, 0) is 42.0 Å². The molecule has 0 spiro atoms. The van der Waals surface area contributed by atoms with Crippen LogP contribution in [0.4, 0.5) is 5.69 Å². The first-order valence-corrected chi connectivity index (χ1v) is 4.98. The van der Waals surface area contributed by atoms with Gasteiger partial charge in [0.15, 0.2) is 0 Å². The molecule has 0 aliphatic rings. The highest BCUT2D eigenvalue weighted by Gasteiger charge is 2.21. The van der Waals surface area contributed by atoms with E-state index >= 15 is 0 Å². The minimum absolute atomic E-state index is 0.117. The van der Waals surface area contributed by atoms with E-state index in [9.17, 15) is 5.11 Å². The van der Waals surface area contributed by atoms with Crippen LogP contribution in [0.25, 0.3) is 0 Å². The molecule has 0 bridgehead atoms. The Labute approximate surface area is 85.8 Å². The van der Waals surface area contributed by atoms with Gasteiger partial charge in [0.1, 0.15) is 5.75 Å². The molecule has 0 aliphatic heterocycles. The summed E-state index contributed by atoms with van der Waals surface area (Å²) in [6.45, 7) is 8.53. The average molecular weight is 193 g/mol. The number of benzene rings is 1. The number of rotatable bonds is 2. The lowest BCUT2D eigenvalue weighted by Crippen LogP contribution is -2.17. The van der Waals surface area contributed by atoms with E-state index in [1.807, 2.05) is 13.0 Å². The number of hydrogen-bond acceptors (Lipinski definition) is 2. The van der Waals surface area contributed by atoms with Crippen molar-refractivity contribution in [2.24, 2.45) is 0 Å². The van der Waals surface area contributed by atoms with Crippen molar-refractivity contribution in [1.29, 1.82) is 0 Å². The topological polar surface area (TPSA) is 46.2 Å². The van der Waals surface area contributed by atoms with Crippen molar-refractivity contribution >= 4 is 5.69 Å². The Balaban J connectivity index is 3.29. The van der Waals surface area contributed by atoms with Crippen LogP contribution in [-0.2, 0) is 5.41 Å². The fraction of sp³-hybridized carbons (Fsp3) is 0.500. The molecular formula is C12H19NO.